The van der Waals surface area contributed by atoms with Crippen molar-refractivity contribution in [3.05, 3.63) is 60.3 Å². The summed E-state index contributed by atoms with van der Waals surface area (Å²) in [6, 6.07) is 15.8. The number of methoxy groups -OCH3 is 1. The number of para-hydroxylation sites is 1. The Labute approximate surface area is 167 Å². The maximum Gasteiger partial charge on any atom is 0.262 e. The van der Waals surface area contributed by atoms with Crippen molar-refractivity contribution >= 4 is 23.3 Å². The number of anilines is 2. The summed E-state index contributed by atoms with van der Waals surface area (Å²) in [4.78, 5) is 21.6. The third-order valence-electron chi connectivity index (χ3n) is 4.67. The molecular weight excluding hydrogens is 370 g/mol. The van der Waals surface area contributed by atoms with Crippen LogP contribution in [-0.2, 0) is 4.79 Å². The predicted molar refractivity (Wildman–Crippen MR) is 110 cm³/mol. The molecule has 1 aliphatic rings. The fourth-order valence-corrected chi connectivity index (χ4v) is 3.28. The van der Waals surface area contributed by atoms with Gasteiger partial charge in [-0.15, -0.1) is 0 Å². The molecule has 3 N–H and O–H groups in total. The number of aromatic hydroxyl groups is 1. The predicted octanol–water partition coefficient (Wildman–Crippen LogP) is 2.95. The smallest absolute Gasteiger partial charge is 0.262 e. The summed E-state index contributed by atoms with van der Waals surface area (Å²) in [5.74, 6) is -0.486. The van der Waals surface area contributed by atoms with Crippen molar-refractivity contribution in [3.8, 4) is 22.8 Å². The van der Waals surface area contributed by atoms with Gasteiger partial charge >= 0.3 is 0 Å². The molecule has 0 saturated heterocycles. The van der Waals surface area contributed by atoms with Gasteiger partial charge in [0.15, 0.2) is 11.5 Å². The molecule has 29 heavy (non-hydrogen) atoms. The van der Waals surface area contributed by atoms with Crippen molar-refractivity contribution in [2.24, 2.45) is 5.10 Å². The van der Waals surface area contributed by atoms with Crippen LogP contribution in [0.5, 0.6) is 11.5 Å². The summed E-state index contributed by atoms with van der Waals surface area (Å²) in [5, 5.41) is 15.6. The number of hydrogen-bond acceptors (Lipinski definition) is 7. The number of nitrogen functional groups attached to an aromatic ring is 1. The number of benzene rings is 2. The number of hydrazone groups is 1. The standard InChI is InChI=1S/C21H19N5O3/c1-12-19(20(28)26(25-12)14-6-4-3-5-7-14)16-11-15(23-21(22)24-16)13-8-9-17(27)18(10-13)29-2/h3-11,19,27H,1-2H3,(H2,22,23,24). The molecule has 1 aliphatic heterocycles. The normalized spacial score (nSPS) is 16.1. The minimum absolute atomic E-state index is 0.0194. The Hall–Kier alpha value is -3.94. The number of phenolic OH excluding ortho intramolecular Hbond substituents is 1. The summed E-state index contributed by atoms with van der Waals surface area (Å²) in [6.07, 6.45) is 0. The average Bonchev–Trinajstić information content (AvgIpc) is 3.02. The highest BCUT2D eigenvalue weighted by molar-refractivity contribution is 6.18. The molecular formula is C21H19N5O3. The fourth-order valence-electron chi connectivity index (χ4n) is 3.28. The molecule has 1 unspecified atom stereocenters. The van der Waals surface area contributed by atoms with E-state index in [1.54, 1.807) is 25.1 Å². The van der Waals surface area contributed by atoms with Crippen LogP contribution >= 0.6 is 0 Å². The van der Waals surface area contributed by atoms with Gasteiger partial charge in [-0.1, -0.05) is 18.2 Å². The summed E-state index contributed by atoms with van der Waals surface area (Å²) in [7, 11) is 1.47. The second kappa shape index (κ2) is 7.23. The topological polar surface area (TPSA) is 114 Å². The zero-order valence-electron chi connectivity index (χ0n) is 15.9. The number of nitrogens with zero attached hydrogens (tertiary/aromatic N) is 4. The van der Waals surface area contributed by atoms with Gasteiger partial charge in [0.2, 0.25) is 5.95 Å². The fraction of sp³-hybridized carbons (Fsp3) is 0.143. The monoisotopic (exact) mass is 389 g/mol. The lowest BCUT2D eigenvalue weighted by atomic mass is 9.98. The number of amides is 1. The Morgan fingerprint density at radius 3 is 2.59 bits per heavy atom. The molecule has 4 rings (SSSR count). The number of ether oxygens (including phenoxy) is 1. The maximum atomic E-state index is 13.1. The molecule has 146 valence electrons. The molecule has 0 bridgehead atoms. The number of rotatable bonds is 4. The molecule has 0 aliphatic carbocycles. The summed E-state index contributed by atoms with van der Waals surface area (Å²) >= 11 is 0. The molecule has 0 saturated carbocycles. The van der Waals surface area contributed by atoms with Gasteiger partial charge < -0.3 is 15.6 Å². The summed E-state index contributed by atoms with van der Waals surface area (Å²) in [5.41, 5.74) is 8.89. The second-order valence-corrected chi connectivity index (χ2v) is 6.58. The quantitative estimate of drug-likeness (QED) is 0.709. The van der Waals surface area contributed by atoms with Gasteiger partial charge in [0.1, 0.15) is 5.92 Å². The molecule has 3 aromatic rings. The molecule has 8 heteroatoms. The van der Waals surface area contributed by atoms with Crippen LogP contribution < -0.4 is 15.5 Å². The van der Waals surface area contributed by atoms with E-state index in [-0.39, 0.29) is 17.6 Å². The van der Waals surface area contributed by atoms with Gasteiger partial charge in [0, 0.05) is 5.56 Å². The number of carbonyl (C=O) groups is 1. The van der Waals surface area contributed by atoms with Crippen LogP contribution in [-0.4, -0.2) is 33.8 Å². The summed E-state index contributed by atoms with van der Waals surface area (Å²) in [6.45, 7) is 1.78. The maximum absolute atomic E-state index is 13.1. The van der Waals surface area contributed by atoms with Gasteiger partial charge in [-0.2, -0.15) is 10.1 Å². The van der Waals surface area contributed by atoms with Crippen LogP contribution in [0.2, 0.25) is 0 Å². The van der Waals surface area contributed by atoms with E-state index < -0.39 is 5.92 Å². The third kappa shape index (κ3) is 3.36. The van der Waals surface area contributed by atoms with Crippen molar-refractivity contribution in [1.82, 2.24) is 9.97 Å². The minimum Gasteiger partial charge on any atom is -0.504 e. The first-order valence-corrected chi connectivity index (χ1v) is 8.94. The minimum atomic E-state index is -0.654. The first kappa shape index (κ1) is 18.4. The largest absolute Gasteiger partial charge is 0.504 e. The highest BCUT2D eigenvalue weighted by Gasteiger charge is 2.37. The molecule has 8 nitrogen and oxygen atoms in total. The molecule has 2 aromatic carbocycles. The van der Waals surface area contributed by atoms with Crippen LogP contribution in [0.3, 0.4) is 0 Å². The van der Waals surface area contributed by atoms with E-state index >= 15 is 0 Å². The lowest BCUT2D eigenvalue weighted by Gasteiger charge is -2.15. The number of hydrogen-bond donors (Lipinski definition) is 2. The summed E-state index contributed by atoms with van der Waals surface area (Å²) < 4.78 is 5.16. The van der Waals surface area contributed by atoms with Crippen LogP contribution in [0.4, 0.5) is 11.6 Å². The van der Waals surface area contributed by atoms with E-state index in [9.17, 15) is 9.90 Å². The highest BCUT2D eigenvalue weighted by Crippen LogP contribution is 2.34. The first-order chi connectivity index (χ1) is 14.0. The number of carbonyl (C=O) groups excluding carboxylic acids is 1. The van der Waals surface area contributed by atoms with Gasteiger partial charge in [0.25, 0.3) is 5.91 Å². The van der Waals surface area contributed by atoms with E-state index in [0.29, 0.717) is 34.1 Å². The Morgan fingerprint density at radius 1 is 1.10 bits per heavy atom. The van der Waals surface area contributed by atoms with Gasteiger partial charge in [0.05, 0.1) is 29.9 Å². The van der Waals surface area contributed by atoms with Gasteiger partial charge in [-0.3, -0.25) is 4.79 Å². The number of aromatic nitrogens is 2. The number of nitrogens with two attached hydrogens (primary N) is 1. The van der Waals surface area contributed by atoms with Crippen molar-refractivity contribution in [3.63, 3.8) is 0 Å². The second-order valence-electron chi connectivity index (χ2n) is 6.58. The average molecular weight is 389 g/mol. The molecule has 1 atom stereocenters. The Morgan fingerprint density at radius 2 is 1.86 bits per heavy atom. The molecule has 0 spiro atoms. The molecule has 0 fully saturated rings. The highest BCUT2D eigenvalue weighted by atomic mass is 16.5. The van der Waals surface area contributed by atoms with Crippen molar-refractivity contribution in [2.75, 3.05) is 17.9 Å². The van der Waals surface area contributed by atoms with E-state index in [1.165, 1.54) is 18.2 Å². The van der Waals surface area contributed by atoms with Crippen LogP contribution in [0, 0.1) is 0 Å². The van der Waals surface area contributed by atoms with Crippen LogP contribution in [0.25, 0.3) is 11.3 Å². The van der Waals surface area contributed by atoms with Crippen LogP contribution in [0.15, 0.2) is 59.7 Å². The Kier molecular flexibility index (Phi) is 4.59. The van der Waals surface area contributed by atoms with Gasteiger partial charge in [-0.05, 0) is 43.3 Å². The van der Waals surface area contributed by atoms with E-state index in [4.69, 9.17) is 10.5 Å². The Balaban J connectivity index is 1.73. The van der Waals surface area contributed by atoms with E-state index in [2.05, 4.69) is 15.1 Å². The number of phenols is 1. The zero-order chi connectivity index (χ0) is 20.5. The molecule has 1 amide bonds. The van der Waals surface area contributed by atoms with E-state index in [0.717, 1.165) is 0 Å². The SMILES string of the molecule is COc1cc(-c2cc(C3C(=O)N(c4ccccc4)N=C3C)nc(N)n2)ccc1O. The lowest BCUT2D eigenvalue weighted by Crippen LogP contribution is -2.26. The Bertz CT molecular complexity index is 1110. The molecule has 0 radical (unpaired) electrons. The van der Waals surface area contributed by atoms with Gasteiger partial charge in [-0.25, -0.2) is 9.97 Å². The zero-order valence-corrected chi connectivity index (χ0v) is 15.9. The van der Waals surface area contributed by atoms with Crippen LogP contribution in [0.1, 0.15) is 18.5 Å². The van der Waals surface area contributed by atoms with Crippen molar-refractivity contribution in [1.29, 1.82) is 0 Å². The molecule has 2 heterocycles. The lowest BCUT2D eigenvalue weighted by molar-refractivity contribution is -0.118. The van der Waals surface area contributed by atoms with E-state index in [1.807, 2.05) is 30.3 Å². The van der Waals surface area contributed by atoms with Crippen molar-refractivity contribution in [2.45, 2.75) is 12.8 Å². The first-order valence-electron chi connectivity index (χ1n) is 8.94. The van der Waals surface area contributed by atoms with Crippen molar-refractivity contribution < 1.29 is 14.6 Å². The molecule has 1 aromatic heterocycles. The third-order valence-corrected chi connectivity index (χ3v) is 4.67.